The molecular weight excluding hydrogens is 268 g/mol. The van der Waals surface area contributed by atoms with Gasteiger partial charge in [-0.3, -0.25) is 4.79 Å². The standard InChI is InChI=1S/C16H24N2O3/c1-11-14(8-12-6-4-5-7-15(12)18-11)16(19)17-9-13(21-3)10-20-2/h4-7,11,13-14,18H,8-10H2,1-3H3,(H,17,19). The zero-order valence-electron chi connectivity index (χ0n) is 12.9. The smallest absolute Gasteiger partial charge is 0.225 e. The van der Waals surface area contributed by atoms with Crippen molar-refractivity contribution >= 4 is 11.6 Å². The number of methoxy groups -OCH3 is 2. The van der Waals surface area contributed by atoms with Gasteiger partial charge in [-0.2, -0.15) is 0 Å². The molecule has 21 heavy (non-hydrogen) atoms. The van der Waals surface area contributed by atoms with Crippen molar-refractivity contribution in [3.63, 3.8) is 0 Å². The van der Waals surface area contributed by atoms with E-state index >= 15 is 0 Å². The molecule has 0 aliphatic carbocycles. The van der Waals surface area contributed by atoms with Gasteiger partial charge in [0.15, 0.2) is 0 Å². The topological polar surface area (TPSA) is 59.6 Å². The Morgan fingerprint density at radius 1 is 1.43 bits per heavy atom. The second-order valence-corrected chi connectivity index (χ2v) is 5.46. The molecule has 5 heteroatoms. The number of amides is 1. The summed E-state index contributed by atoms with van der Waals surface area (Å²) >= 11 is 0. The number of nitrogens with one attached hydrogen (secondary N) is 2. The van der Waals surface area contributed by atoms with Crippen molar-refractivity contribution in [2.45, 2.75) is 25.5 Å². The third kappa shape index (κ3) is 3.95. The van der Waals surface area contributed by atoms with E-state index in [2.05, 4.69) is 22.8 Å². The van der Waals surface area contributed by atoms with Gasteiger partial charge in [0.1, 0.15) is 0 Å². The summed E-state index contributed by atoms with van der Waals surface area (Å²) in [5.41, 5.74) is 2.32. The summed E-state index contributed by atoms with van der Waals surface area (Å²) in [5.74, 6) is -0.0115. The molecule has 1 aromatic rings. The van der Waals surface area contributed by atoms with E-state index in [1.165, 1.54) is 5.56 Å². The van der Waals surface area contributed by atoms with E-state index in [1.54, 1.807) is 14.2 Å². The number of fused-ring (bicyclic) bond motifs is 1. The van der Waals surface area contributed by atoms with Crippen LogP contribution in [0.15, 0.2) is 24.3 Å². The van der Waals surface area contributed by atoms with E-state index in [0.717, 1.165) is 12.1 Å². The molecule has 5 nitrogen and oxygen atoms in total. The molecule has 0 fully saturated rings. The molecule has 0 bridgehead atoms. The number of hydrogen-bond donors (Lipinski definition) is 2. The van der Waals surface area contributed by atoms with Gasteiger partial charge in [-0.25, -0.2) is 0 Å². The first-order valence-corrected chi connectivity index (χ1v) is 7.29. The number of benzene rings is 1. The van der Waals surface area contributed by atoms with Crippen LogP contribution in [0.3, 0.4) is 0 Å². The maximum Gasteiger partial charge on any atom is 0.225 e. The highest BCUT2D eigenvalue weighted by atomic mass is 16.5. The Balaban J connectivity index is 1.94. The minimum Gasteiger partial charge on any atom is -0.382 e. The summed E-state index contributed by atoms with van der Waals surface area (Å²) in [6.45, 7) is 2.98. The first-order valence-electron chi connectivity index (χ1n) is 7.29. The first-order chi connectivity index (χ1) is 10.2. The molecular formula is C16H24N2O3. The molecule has 1 aromatic carbocycles. The summed E-state index contributed by atoms with van der Waals surface area (Å²) < 4.78 is 10.3. The Morgan fingerprint density at radius 2 is 2.19 bits per heavy atom. The molecule has 2 N–H and O–H groups in total. The minimum absolute atomic E-state index is 0.0580. The van der Waals surface area contributed by atoms with Crippen molar-refractivity contribution in [3.8, 4) is 0 Å². The Bertz CT molecular complexity index is 478. The summed E-state index contributed by atoms with van der Waals surface area (Å²) in [7, 11) is 3.24. The van der Waals surface area contributed by atoms with Crippen LogP contribution in [0.1, 0.15) is 12.5 Å². The van der Waals surface area contributed by atoms with E-state index in [9.17, 15) is 4.79 Å². The molecule has 0 saturated carbocycles. The Hall–Kier alpha value is -1.59. The normalized spacial score (nSPS) is 22.0. The van der Waals surface area contributed by atoms with Crippen LogP contribution in [-0.2, 0) is 20.7 Å². The van der Waals surface area contributed by atoms with Gasteiger partial charge in [-0.15, -0.1) is 0 Å². The molecule has 3 unspecified atom stereocenters. The van der Waals surface area contributed by atoms with Crippen LogP contribution < -0.4 is 10.6 Å². The van der Waals surface area contributed by atoms with E-state index in [4.69, 9.17) is 9.47 Å². The average molecular weight is 292 g/mol. The molecule has 3 atom stereocenters. The van der Waals surface area contributed by atoms with Crippen LogP contribution in [0.4, 0.5) is 5.69 Å². The van der Waals surface area contributed by atoms with Crippen molar-refractivity contribution in [1.82, 2.24) is 5.32 Å². The summed E-state index contributed by atoms with van der Waals surface area (Å²) in [5, 5.41) is 6.37. The molecule has 0 saturated heterocycles. The third-order valence-electron chi connectivity index (χ3n) is 3.97. The summed E-state index contributed by atoms with van der Waals surface area (Å²) in [6, 6.07) is 8.25. The maximum absolute atomic E-state index is 12.4. The van der Waals surface area contributed by atoms with Gasteiger partial charge in [-0.1, -0.05) is 18.2 Å². The van der Waals surface area contributed by atoms with Crippen LogP contribution in [0.5, 0.6) is 0 Å². The summed E-state index contributed by atoms with van der Waals surface area (Å²) in [4.78, 5) is 12.4. The minimum atomic E-state index is -0.113. The molecule has 0 radical (unpaired) electrons. The van der Waals surface area contributed by atoms with Gasteiger partial charge >= 0.3 is 0 Å². The first kappa shape index (κ1) is 15.8. The van der Waals surface area contributed by atoms with Gasteiger partial charge in [0, 0.05) is 32.5 Å². The lowest BCUT2D eigenvalue weighted by atomic mass is 9.87. The zero-order valence-corrected chi connectivity index (χ0v) is 12.9. The van der Waals surface area contributed by atoms with Crippen LogP contribution >= 0.6 is 0 Å². The monoisotopic (exact) mass is 292 g/mol. The van der Waals surface area contributed by atoms with Crippen molar-refractivity contribution in [3.05, 3.63) is 29.8 Å². The number of anilines is 1. The molecule has 1 amide bonds. The van der Waals surface area contributed by atoms with Crippen molar-refractivity contribution < 1.29 is 14.3 Å². The van der Waals surface area contributed by atoms with Gasteiger partial charge < -0.3 is 20.1 Å². The number of carbonyl (C=O) groups excluding carboxylic acids is 1. The predicted molar refractivity (Wildman–Crippen MR) is 82.4 cm³/mol. The lowest BCUT2D eigenvalue weighted by molar-refractivity contribution is -0.126. The SMILES string of the molecule is COCC(CNC(=O)C1Cc2ccccc2NC1C)OC. The molecule has 1 heterocycles. The van der Waals surface area contributed by atoms with Crippen LogP contribution in [0, 0.1) is 5.92 Å². The van der Waals surface area contributed by atoms with E-state index < -0.39 is 0 Å². The Labute approximate surface area is 126 Å². The highest BCUT2D eigenvalue weighted by Crippen LogP contribution is 2.28. The molecule has 2 rings (SSSR count). The largest absolute Gasteiger partial charge is 0.382 e. The van der Waals surface area contributed by atoms with Crippen LogP contribution in [0.25, 0.3) is 0 Å². The fraction of sp³-hybridized carbons (Fsp3) is 0.562. The highest BCUT2D eigenvalue weighted by molar-refractivity contribution is 5.81. The van der Waals surface area contributed by atoms with Crippen LogP contribution in [0.2, 0.25) is 0 Å². The second kappa shape index (κ2) is 7.43. The van der Waals surface area contributed by atoms with Crippen molar-refractivity contribution in [2.24, 2.45) is 5.92 Å². The molecule has 1 aliphatic heterocycles. The molecule has 0 spiro atoms. The lowest BCUT2D eigenvalue weighted by Gasteiger charge is -2.32. The van der Waals surface area contributed by atoms with Crippen molar-refractivity contribution in [2.75, 3.05) is 32.7 Å². The average Bonchev–Trinajstić information content (AvgIpc) is 2.50. The highest BCUT2D eigenvalue weighted by Gasteiger charge is 2.30. The van der Waals surface area contributed by atoms with Gasteiger partial charge in [-0.05, 0) is 25.0 Å². The van der Waals surface area contributed by atoms with Gasteiger partial charge in [0.05, 0.1) is 18.6 Å². The molecule has 0 aromatic heterocycles. The van der Waals surface area contributed by atoms with E-state index in [1.807, 2.05) is 19.1 Å². The van der Waals surface area contributed by atoms with Crippen LogP contribution in [-0.4, -0.2) is 45.4 Å². The lowest BCUT2D eigenvalue weighted by Crippen LogP contribution is -2.46. The quantitative estimate of drug-likeness (QED) is 0.833. The Kier molecular flexibility index (Phi) is 5.59. The number of rotatable bonds is 6. The number of carbonyl (C=O) groups is 1. The zero-order chi connectivity index (χ0) is 15.2. The van der Waals surface area contributed by atoms with Gasteiger partial charge in [0.25, 0.3) is 0 Å². The predicted octanol–water partition coefficient (Wildman–Crippen LogP) is 1.44. The fourth-order valence-electron chi connectivity index (χ4n) is 2.66. The van der Waals surface area contributed by atoms with E-state index in [-0.39, 0.29) is 24.0 Å². The third-order valence-corrected chi connectivity index (χ3v) is 3.97. The molecule has 116 valence electrons. The second-order valence-electron chi connectivity index (χ2n) is 5.46. The fourth-order valence-corrected chi connectivity index (χ4v) is 2.66. The number of para-hydroxylation sites is 1. The number of hydrogen-bond acceptors (Lipinski definition) is 4. The number of ether oxygens (including phenoxy) is 2. The summed E-state index contributed by atoms with van der Waals surface area (Å²) in [6.07, 6.45) is 0.649. The van der Waals surface area contributed by atoms with Crippen molar-refractivity contribution in [1.29, 1.82) is 0 Å². The van der Waals surface area contributed by atoms with E-state index in [0.29, 0.717) is 13.2 Å². The molecule has 1 aliphatic rings. The maximum atomic E-state index is 12.4. The Morgan fingerprint density at radius 3 is 2.90 bits per heavy atom. The van der Waals surface area contributed by atoms with Gasteiger partial charge in [0.2, 0.25) is 5.91 Å².